The van der Waals surface area contributed by atoms with Gasteiger partial charge in [-0.05, 0) is 24.1 Å². The molecule has 0 spiro atoms. The Hall–Kier alpha value is -1.73. The average molecular weight is 282 g/mol. The zero-order valence-electron chi connectivity index (χ0n) is 10.1. The van der Waals surface area contributed by atoms with Crippen molar-refractivity contribution < 1.29 is 9.47 Å². The predicted molar refractivity (Wildman–Crippen MR) is 66.4 cm³/mol. The first-order valence-electron chi connectivity index (χ1n) is 5.93. The molecule has 19 heavy (non-hydrogen) atoms. The van der Waals surface area contributed by atoms with Crippen molar-refractivity contribution in [2.24, 2.45) is 5.92 Å². The standard InChI is InChI=1S/C11H12ClN5O2/c12-9-14-10(17-4-1-3-13-17)16-11(15-9)19-7-8-2-5-18-6-8/h1,3-4,8H,2,5-7H2. The van der Waals surface area contributed by atoms with Gasteiger partial charge in [-0.3, -0.25) is 0 Å². The Morgan fingerprint density at radius 3 is 3.11 bits per heavy atom. The van der Waals surface area contributed by atoms with Crippen LogP contribution >= 0.6 is 11.6 Å². The quantitative estimate of drug-likeness (QED) is 0.836. The lowest BCUT2D eigenvalue weighted by molar-refractivity contribution is 0.163. The molecule has 1 atom stereocenters. The summed E-state index contributed by atoms with van der Waals surface area (Å²) in [5.41, 5.74) is 0. The second-order valence-electron chi connectivity index (χ2n) is 4.18. The molecule has 1 saturated heterocycles. The van der Waals surface area contributed by atoms with Crippen molar-refractivity contribution in [2.75, 3.05) is 19.8 Å². The Morgan fingerprint density at radius 1 is 1.42 bits per heavy atom. The van der Waals surface area contributed by atoms with Crippen molar-refractivity contribution >= 4 is 11.6 Å². The third-order valence-corrected chi connectivity index (χ3v) is 2.93. The smallest absolute Gasteiger partial charge is 0.322 e. The van der Waals surface area contributed by atoms with Crippen LogP contribution in [0.1, 0.15) is 6.42 Å². The van der Waals surface area contributed by atoms with Gasteiger partial charge in [0, 0.05) is 24.9 Å². The number of rotatable bonds is 4. The second-order valence-corrected chi connectivity index (χ2v) is 4.52. The maximum absolute atomic E-state index is 5.85. The Kier molecular flexibility index (Phi) is 3.56. The summed E-state index contributed by atoms with van der Waals surface area (Å²) in [4.78, 5) is 12.1. The zero-order chi connectivity index (χ0) is 13.1. The van der Waals surface area contributed by atoms with Crippen LogP contribution in [0.5, 0.6) is 6.01 Å². The minimum atomic E-state index is 0.0816. The molecule has 0 saturated carbocycles. The Bertz CT molecular complexity index is 542. The maximum atomic E-state index is 5.85. The number of nitrogens with zero attached hydrogens (tertiary/aromatic N) is 5. The molecule has 0 aromatic carbocycles. The number of hydrogen-bond donors (Lipinski definition) is 0. The van der Waals surface area contributed by atoms with Crippen LogP contribution in [0.3, 0.4) is 0 Å². The van der Waals surface area contributed by atoms with Crippen LogP contribution in [0, 0.1) is 5.92 Å². The summed E-state index contributed by atoms with van der Waals surface area (Å²) in [6, 6.07) is 1.98. The third kappa shape index (κ3) is 2.99. The van der Waals surface area contributed by atoms with Gasteiger partial charge < -0.3 is 9.47 Å². The molecule has 3 rings (SSSR count). The van der Waals surface area contributed by atoms with E-state index in [1.54, 1.807) is 18.5 Å². The highest BCUT2D eigenvalue weighted by Gasteiger charge is 2.17. The highest BCUT2D eigenvalue weighted by atomic mass is 35.5. The van der Waals surface area contributed by atoms with Gasteiger partial charge in [-0.25, -0.2) is 4.68 Å². The third-order valence-electron chi connectivity index (χ3n) is 2.76. The summed E-state index contributed by atoms with van der Waals surface area (Å²) in [6.45, 7) is 2.01. The van der Waals surface area contributed by atoms with Crippen LogP contribution in [0.4, 0.5) is 0 Å². The average Bonchev–Trinajstić information content (AvgIpc) is 3.09. The van der Waals surface area contributed by atoms with E-state index in [2.05, 4.69) is 20.1 Å². The maximum Gasteiger partial charge on any atom is 0.322 e. The number of ether oxygens (including phenoxy) is 2. The largest absolute Gasteiger partial charge is 0.463 e. The fourth-order valence-electron chi connectivity index (χ4n) is 1.78. The van der Waals surface area contributed by atoms with Gasteiger partial charge in [-0.1, -0.05) is 0 Å². The molecular weight excluding hydrogens is 270 g/mol. The van der Waals surface area contributed by atoms with Crippen LogP contribution in [-0.2, 0) is 4.74 Å². The van der Waals surface area contributed by atoms with E-state index in [-0.39, 0.29) is 11.3 Å². The number of aromatic nitrogens is 5. The summed E-state index contributed by atoms with van der Waals surface area (Å²) in [6.07, 6.45) is 4.35. The van der Waals surface area contributed by atoms with Gasteiger partial charge in [0.05, 0.1) is 13.2 Å². The lowest BCUT2D eigenvalue weighted by Gasteiger charge is -2.09. The first-order chi connectivity index (χ1) is 9.31. The topological polar surface area (TPSA) is 75.0 Å². The van der Waals surface area contributed by atoms with Gasteiger partial charge in [0.15, 0.2) is 0 Å². The van der Waals surface area contributed by atoms with Crippen LogP contribution < -0.4 is 4.74 Å². The SMILES string of the molecule is Clc1nc(OCC2CCOC2)nc(-n2cccn2)n1. The van der Waals surface area contributed by atoms with Gasteiger partial charge >= 0.3 is 6.01 Å². The van der Waals surface area contributed by atoms with Crippen molar-refractivity contribution in [1.82, 2.24) is 24.7 Å². The van der Waals surface area contributed by atoms with Crippen molar-refractivity contribution in [3.8, 4) is 12.0 Å². The molecule has 7 nitrogen and oxygen atoms in total. The van der Waals surface area contributed by atoms with Gasteiger partial charge in [-0.15, -0.1) is 0 Å². The van der Waals surface area contributed by atoms with Crippen LogP contribution in [0.25, 0.3) is 5.95 Å². The van der Waals surface area contributed by atoms with Gasteiger partial charge in [0.25, 0.3) is 5.95 Å². The monoisotopic (exact) mass is 281 g/mol. The molecule has 0 N–H and O–H groups in total. The van der Waals surface area contributed by atoms with E-state index in [0.29, 0.717) is 25.1 Å². The summed E-state index contributed by atoms with van der Waals surface area (Å²) in [5.74, 6) is 0.714. The number of hydrogen-bond acceptors (Lipinski definition) is 6. The van der Waals surface area contributed by atoms with Crippen LogP contribution in [-0.4, -0.2) is 44.6 Å². The van der Waals surface area contributed by atoms with Crippen molar-refractivity contribution in [2.45, 2.75) is 6.42 Å². The fraction of sp³-hybridized carbons (Fsp3) is 0.455. The van der Waals surface area contributed by atoms with Gasteiger partial charge in [0.1, 0.15) is 0 Å². The first kappa shape index (κ1) is 12.3. The molecule has 0 bridgehead atoms. The first-order valence-corrected chi connectivity index (χ1v) is 6.31. The Labute approximate surface area is 114 Å². The van der Waals surface area contributed by atoms with Crippen LogP contribution in [0.15, 0.2) is 18.5 Å². The molecule has 1 aliphatic rings. The second kappa shape index (κ2) is 5.50. The van der Waals surface area contributed by atoms with E-state index in [0.717, 1.165) is 13.0 Å². The lowest BCUT2D eigenvalue weighted by Crippen LogP contribution is -2.14. The van der Waals surface area contributed by atoms with Gasteiger partial charge in [-0.2, -0.15) is 20.1 Å². The molecule has 0 aliphatic carbocycles. The molecule has 1 unspecified atom stereocenters. The lowest BCUT2D eigenvalue weighted by atomic mass is 10.1. The molecule has 0 radical (unpaired) electrons. The molecule has 0 amide bonds. The molecule has 1 fully saturated rings. The molecule has 2 aromatic heterocycles. The Morgan fingerprint density at radius 2 is 2.37 bits per heavy atom. The summed E-state index contributed by atoms with van der Waals surface area (Å²) in [7, 11) is 0. The van der Waals surface area contributed by atoms with Crippen molar-refractivity contribution in [3.05, 3.63) is 23.7 Å². The summed E-state index contributed by atoms with van der Waals surface area (Å²) >= 11 is 5.85. The number of halogens is 1. The van der Waals surface area contributed by atoms with Crippen LogP contribution in [0.2, 0.25) is 5.28 Å². The zero-order valence-corrected chi connectivity index (χ0v) is 10.8. The molecule has 1 aliphatic heterocycles. The van der Waals surface area contributed by atoms with E-state index in [9.17, 15) is 0 Å². The van der Waals surface area contributed by atoms with E-state index < -0.39 is 0 Å². The fourth-order valence-corrected chi connectivity index (χ4v) is 1.93. The summed E-state index contributed by atoms with van der Waals surface area (Å²) in [5, 5.41) is 4.12. The molecule has 2 aromatic rings. The summed E-state index contributed by atoms with van der Waals surface area (Å²) < 4.78 is 12.3. The van der Waals surface area contributed by atoms with Gasteiger partial charge in [0.2, 0.25) is 5.28 Å². The molecular formula is C11H12ClN5O2. The highest BCUT2D eigenvalue weighted by molar-refractivity contribution is 6.28. The van der Waals surface area contributed by atoms with Crippen molar-refractivity contribution in [3.63, 3.8) is 0 Å². The van der Waals surface area contributed by atoms with E-state index >= 15 is 0 Å². The molecule has 8 heteroatoms. The van der Waals surface area contributed by atoms with E-state index in [4.69, 9.17) is 21.1 Å². The minimum absolute atomic E-state index is 0.0816. The normalized spacial score (nSPS) is 18.7. The minimum Gasteiger partial charge on any atom is -0.463 e. The van der Waals surface area contributed by atoms with Crippen molar-refractivity contribution in [1.29, 1.82) is 0 Å². The highest BCUT2D eigenvalue weighted by Crippen LogP contribution is 2.15. The predicted octanol–water partition coefficient (Wildman–Crippen LogP) is 1.13. The molecule has 100 valence electrons. The Balaban J connectivity index is 1.74. The molecule has 3 heterocycles. The van der Waals surface area contributed by atoms with E-state index in [1.165, 1.54) is 4.68 Å². The van der Waals surface area contributed by atoms with E-state index in [1.807, 2.05) is 0 Å².